The van der Waals surface area contributed by atoms with Crippen molar-refractivity contribution >= 4 is 35.9 Å². The summed E-state index contributed by atoms with van der Waals surface area (Å²) >= 11 is 0. The van der Waals surface area contributed by atoms with Crippen molar-refractivity contribution in [1.82, 2.24) is 15.8 Å². The summed E-state index contributed by atoms with van der Waals surface area (Å²) in [5.41, 5.74) is 1.41. The Morgan fingerprint density at radius 1 is 1.21 bits per heavy atom. The van der Waals surface area contributed by atoms with Crippen molar-refractivity contribution in [3.05, 3.63) is 40.7 Å². The van der Waals surface area contributed by atoms with Gasteiger partial charge in [0.15, 0.2) is 11.7 Å². The molecule has 0 atom stereocenters. The molecule has 2 aromatic rings. The molecule has 0 unspecified atom stereocenters. The van der Waals surface area contributed by atoms with Crippen molar-refractivity contribution in [3.63, 3.8) is 0 Å². The summed E-state index contributed by atoms with van der Waals surface area (Å²) in [7, 11) is 1.35. The first-order valence-corrected chi connectivity index (χ1v) is 9.67. The highest BCUT2D eigenvalue weighted by atomic mass is 127. The van der Waals surface area contributed by atoms with Crippen LogP contribution in [-0.4, -0.2) is 30.7 Å². The number of aliphatic imine (C=N–C) groups is 1. The normalized spacial score (nSPS) is 11.3. The summed E-state index contributed by atoms with van der Waals surface area (Å²) in [6, 6.07) is 3.65. The summed E-state index contributed by atoms with van der Waals surface area (Å²) in [5.74, 6) is 2.50. The molecule has 0 saturated carbocycles. The average molecular weight is 518 g/mol. The zero-order valence-electron chi connectivity index (χ0n) is 17.7. The summed E-state index contributed by atoms with van der Waals surface area (Å²) < 4.78 is 15.8. The first kappa shape index (κ1) is 25.0. The number of hydrogen-bond acceptors (Lipinski definition) is 6. The molecule has 0 aliphatic heterocycles. The van der Waals surface area contributed by atoms with Crippen LogP contribution in [0.25, 0.3) is 0 Å². The molecule has 9 heteroatoms. The highest BCUT2D eigenvalue weighted by molar-refractivity contribution is 14.0. The largest absolute Gasteiger partial charge is 0.465 e. The molecule has 0 saturated heterocycles. The summed E-state index contributed by atoms with van der Waals surface area (Å²) in [5, 5.41) is 10.5. The van der Waals surface area contributed by atoms with Crippen LogP contribution >= 0.6 is 24.0 Å². The predicted molar refractivity (Wildman–Crippen MR) is 122 cm³/mol. The van der Waals surface area contributed by atoms with Gasteiger partial charge in [-0.05, 0) is 32.8 Å². The Balaban J connectivity index is 0.00000420. The summed E-state index contributed by atoms with van der Waals surface area (Å²) in [4.78, 5) is 16.2. The molecular weight excluding hydrogens is 487 g/mol. The van der Waals surface area contributed by atoms with Crippen LogP contribution in [0.3, 0.4) is 0 Å². The third-order valence-corrected chi connectivity index (χ3v) is 4.52. The maximum Gasteiger partial charge on any atom is 0.341 e. The Kier molecular flexibility index (Phi) is 10.8. The van der Waals surface area contributed by atoms with Gasteiger partial charge in [0.1, 0.15) is 23.6 Å². The molecule has 2 aromatic heterocycles. The number of methoxy groups -OCH3 is 1. The Hall–Kier alpha value is -2.04. The zero-order valence-corrected chi connectivity index (χ0v) is 20.0. The molecule has 2 N–H and O–H groups in total. The number of aryl methyl sites for hydroxylation is 1. The first-order chi connectivity index (χ1) is 13.5. The van der Waals surface area contributed by atoms with E-state index in [9.17, 15) is 4.79 Å². The van der Waals surface area contributed by atoms with Gasteiger partial charge >= 0.3 is 5.97 Å². The quantitative estimate of drug-likeness (QED) is 0.223. The Bertz CT molecular complexity index is 796. The molecular formula is C20H31IN4O4. The number of nitrogens with zero attached hydrogens (tertiary/aromatic N) is 2. The minimum atomic E-state index is -0.410. The van der Waals surface area contributed by atoms with Crippen LogP contribution in [0.15, 0.2) is 26.1 Å². The molecule has 29 heavy (non-hydrogen) atoms. The van der Waals surface area contributed by atoms with Gasteiger partial charge in [0, 0.05) is 18.5 Å². The number of hydrogen-bond donors (Lipinski definition) is 2. The third kappa shape index (κ3) is 7.06. The van der Waals surface area contributed by atoms with Crippen LogP contribution in [0.4, 0.5) is 0 Å². The lowest BCUT2D eigenvalue weighted by Gasteiger charge is -2.09. The molecule has 0 bridgehead atoms. The average Bonchev–Trinajstić information content (AvgIpc) is 3.31. The Morgan fingerprint density at radius 3 is 2.55 bits per heavy atom. The third-order valence-electron chi connectivity index (χ3n) is 4.52. The van der Waals surface area contributed by atoms with Gasteiger partial charge in [-0.2, -0.15) is 0 Å². The van der Waals surface area contributed by atoms with E-state index in [4.69, 9.17) is 13.7 Å². The van der Waals surface area contributed by atoms with Gasteiger partial charge < -0.3 is 24.3 Å². The number of halogens is 1. The molecule has 0 aliphatic carbocycles. The second kappa shape index (κ2) is 12.5. The van der Waals surface area contributed by atoms with E-state index < -0.39 is 5.97 Å². The van der Waals surface area contributed by atoms with Crippen molar-refractivity contribution in [2.45, 2.75) is 59.5 Å². The number of guanidine groups is 1. The Morgan fingerprint density at radius 2 is 1.93 bits per heavy atom. The highest BCUT2D eigenvalue weighted by Crippen LogP contribution is 2.22. The van der Waals surface area contributed by atoms with Crippen LogP contribution in [0, 0.1) is 6.92 Å². The van der Waals surface area contributed by atoms with Crippen LogP contribution in [0.1, 0.15) is 72.9 Å². The van der Waals surface area contributed by atoms with Crippen LogP contribution < -0.4 is 10.6 Å². The fraction of sp³-hybridized carbons (Fsp3) is 0.550. The standard InChI is InChI=1S/C20H30N4O4.HI/c1-6-14(7-2)18-10-16(28-24-18)12-23-20(21-8-3)22-11-15-9-17(13(4)27-15)19(25)26-5;/h9-10,14H,6-8,11-12H2,1-5H3,(H2,21,22,23);1H. The van der Waals surface area contributed by atoms with Gasteiger partial charge in [0.05, 0.1) is 19.3 Å². The van der Waals surface area contributed by atoms with Crippen LogP contribution in [-0.2, 0) is 17.8 Å². The smallest absolute Gasteiger partial charge is 0.341 e. The molecule has 0 fully saturated rings. The lowest BCUT2D eigenvalue weighted by molar-refractivity contribution is 0.0599. The molecule has 0 aromatic carbocycles. The lowest BCUT2D eigenvalue weighted by atomic mass is 9.99. The van der Waals surface area contributed by atoms with E-state index in [0.29, 0.717) is 48.6 Å². The lowest BCUT2D eigenvalue weighted by Crippen LogP contribution is -2.36. The number of carbonyl (C=O) groups excluding carboxylic acids is 1. The highest BCUT2D eigenvalue weighted by Gasteiger charge is 2.16. The maximum atomic E-state index is 11.7. The minimum Gasteiger partial charge on any atom is -0.465 e. The van der Waals surface area contributed by atoms with E-state index in [-0.39, 0.29) is 24.0 Å². The van der Waals surface area contributed by atoms with Gasteiger partial charge in [-0.1, -0.05) is 19.0 Å². The number of furan rings is 1. The monoisotopic (exact) mass is 518 g/mol. The van der Waals surface area contributed by atoms with Gasteiger partial charge in [-0.25, -0.2) is 9.79 Å². The number of carbonyl (C=O) groups is 1. The first-order valence-electron chi connectivity index (χ1n) is 9.67. The van der Waals surface area contributed by atoms with Crippen LogP contribution in [0.5, 0.6) is 0 Å². The molecule has 2 rings (SSSR count). The number of ether oxygens (including phenoxy) is 1. The zero-order chi connectivity index (χ0) is 20.5. The van der Waals surface area contributed by atoms with Crippen LogP contribution in [0.2, 0.25) is 0 Å². The van der Waals surface area contributed by atoms with E-state index in [2.05, 4.69) is 34.6 Å². The van der Waals surface area contributed by atoms with Gasteiger partial charge in [0.25, 0.3) is 0 Å². The summed E-state index contributed by atoms with van der Waals surface area (Å²) in [6.07, 6.45) is 2.07. The van der Waals surface area contributed by atoms with Crippen molar-refractivity contribution in [1.29, 1.82) is 0 Å². The molecule has 0 aliphatic rings. The minimum absolute atomic E-state index is 0. The number of nitrogens with one attached hydrogen (secondary N) is 2. The topological polar surface area (TPSA) is 102 Å². The number of rotatable bonds is 9. The van der Waals surface area contributed by atoms with Gasteiger partial charge in [-0.15, -0.1) is 24.0 Å². The fourth-order valence-corrected chi connectivity index (χ4v) is 2.92. The van der Waals surface area contributed by atoms with Crippen molar-refractivity contribution < 1.29 is 18.5 Å². The van der Waals surface area contributed by atoms with E-state index in [1.807, 2.05) is 13.0 Å². The predicted octanol–water partition coefficient (Wildman–Crippen LogP) is 4.14. The molecule has 2 heterocycles. The van der Waals surface area contributed by atoms with Crippen molar-refractivity contribution in [3.8, 4) is 0 Å². The second-order valence-electron chi connectivity index (χ2n) is 6.45. The van der Waals surface area contributed by atoms with E-state index >= 15 is 0 Å². The number of aromatic nitrogens is 1. The number of esters is 1. The molecule has 162 valence electrons. The summed E-state index contributed by atoms with van der Waals surface area (Å²) in [6.45, 7) is 9.50. The fourth-order valence-electron chi connectivity index (χ4n) is 2.92. The van der Waals surface area contributed by atoms with Gasteiger partial charge in [-0.3, -0.25) is 0 Å². The van der Waals surface area contributed by atoms with E-state index in [0.717, 1.165) is 24.3 Å². The van der Waals surface area contributed by atoms with Gasteiger partial charge in [0.2, 0.25) is 0 Å². The molecule has 0 spiro atoms. The molecule has 0 amide bonds. The molecule has 0 radical (unpaired) electrons. The van der Waals surface area contributed by atoms with Crippen molar-refractivity contribution in [2.24, 2.45) is 4.99 Å². The van der Waals surface area contributed by atoms with Crippen molar-refractivity contribution in [2.75, 3.05) is 13.7 Å². The van der Waals surface area contributed by atoms with E-state index in [1.165, 1.54) is 7.11 Å². The van der Waals surface area contributed by atoms with E-state index in [1.54, 1.807) is 13.0 Å². The maximum absolute atomic E-state index is 11.7. The Labute approximate surface area is 188 Å². The SMILES string of the molecule is CCNC(=NCc1cc(C(CC)CC)no1)NCc1cc(C(=O)OC)c(C)o1.I. The molecule has 8 nitrogen and oxygen atoms in total. The second-order valence-corrected chi connectivity index (χ2v) is 6.45.